The monoisotopic (exact) mass is 559 g/mol. The molecule has 0 aromatic heterocycles. The SMILES string of the molecule is CCC(COC(=O)c1cc(OC)c(OC)c(OC)c1)(c1ccccc1)N(C)C.Cc1ccc(S(=O)(=O)O)cc1. The van der Waals surface area contributed by atoms with Gasteiger partial charge in [-0.15, -0.1) is 0 Å². The number of ether oxygens (including phenoxy) is 4. The van der Waals surface area contributed by atoms with Crippen LogP contribution in [-0.4, -0.2) is 65.9 Å². The molecular formula is C29H37NO8S. The molecule has 1 N–H and O–H groups in total. The molecule has 0 aliphatic heterocycles. The first-order valence-electron chi connectivity index (χ1n) is 12.2. The summed E-state index contributed by atoms with van der Waals surface area (Å²) in [6.45, 7) is 4.14. The Morgan fingerprint density at radius 2 is 1.44 bits per heavy atom. The minimum absolute atomic E-state index is 0.0666. The molecule has 1 atom stereocenters. The number of carbonyl (C=O) groups excluding carboxylic acids is 1. The molecule has 10 heteroatoms. The van der Waals surface area contributed by atoms with E-state index in [1.807, 2.05) is 39.2 Å². The van der Waals surface area contributed by atoms with E-state index in [0.717, 1.165) is 17.5 Å². The van der Waals surface area contributed by atoms with Crippen molar-refractivity contribution in [2.75, 3.05) is 42.0 Å². The topological polar surface area (TPSA) is 112 Å². The summed E-state index contributed by atoms with van der Waals surface area (Å²) < 4.78 is 51.2. The predicted molar refractivity (Wildman–Crippen MR) is 149 cm³/mol. The first-order valence-corrected chi connectivity index (χ1v) is 13.6. The molecule has 0 aliphatic rings. The van der Waals surface area contributed by atoms with Crippen LogP contribution >= 0.6 is 0 Å². The van der Waals surface area contributed by atoms with Gasteiger partial charge in [-0.3, -0.25) is 9.45 Å². The first-order chi connectivity index (χ1) is 18.4. The number of benzene rings is 3. The Morgan fingerprint density at radius 3 is 1.85 bits per heavy atom. The number of likely N-dealkylation sites (N-methyl/N-ethyl adjacent to an activating group) is 1. The summed E-state index contributed by atoms with van der Waals surface area (Å²) in [6.07, 6.45) is 0.784. The van der Waals surface area contributed by atoms with Gasteiger partial charge in [0.05, 0.1) is 37.3 Å². The summed E-state index contributed by atoms with van der Waals surface area (Å²) in [7, 11) is 4.50. The average Bonchev–Trinajstić information content (AvgIpc) is 2.93. The van der Waals surface area contributed by atoms with Crippen molar-refractivity contribution in [2.24, 2.45) is 0 Å². The molecule has 0 bridgehead atoms. The van der Waals surface area contributed by atoms with Crippen molar-refractivity contribution in [3.05, 3.63) is 83.4 Å². The third kappa shape index (κ3) is 7.95. The number of rotatable bonds is 10. The Balaban J connectivity index is 0.000000404. The van der Waals surface area contributed by atoms with E-state index in [-0.39, 0.29) is 11.5 Å². The zero-order valence-corrected chi connectivity index (χ0v) is 24.2. The third-order valence-corrected chi connectivity index (χ3v) is 7.28. The Morgan fingerprint density at radius 1 is 0.897 bits per heavy atom. The molecule has 1 unspecified atom stereocenters. The second-order valence-corrected chi connectivity index (χ2v) is 10.3. The Hall–Kier alpha value is -3.60. The molecule has 3 rings (SSSR count). The fraction of sp³-hybridized carbons (Fsp3) is 0.345. The van der Waals surface area contributed by atoms with Crippen LogP contribution in [0.25, 0.3) is 0 Å². The molecule has 3 aromatic rings. The maximum absolute atomic E-state index is 12.8. The molecule has 39 heavy (non-hydrogen) atoms. The van der Waals surface area contributed by atoms with Crippen molar-refractivity contribution >= 4 is 16.1 Å². The van der Waals surface area contributed by atoms with Gasteiger partial charge < -0.3 is 18.9 Å². The Bertz CT molecular complexity index is 1300. The number of carbonyl (C=O) groups is 1. The van der Waals surface area contributed by atoms with Gasteiger partial charge in [-0.05, 0) is 57.3 Å². The molecule has 9 nitrogen and oxygen atoms in total. The molecular weight excluding hydrogens is 522 g/mol. The van der Waals surface area contributed by atoms with Crippen molar-refractivity contribution in [1.82, 2.24) is 4.90 Å². The highest BCUT2D eigenvalue weighted by Crippen LogP contribution is 2.38. The molecule has 0 aliphatic carbocycles. The molecule has 0 radical (unpaired) electrons. The van der Waals surface area contributed by atoms with Crippen molar-refractivity contribution in [3.63, 3.8) is 0 Å². The molecule has 0 amide bonds. The van der Waals surface area contributed by atoms with Crippen LogP contribution in [0, 0.1) is 6.92 Å². The zero-order chi connectivity index (χ0) is 29.2. The van der Waals surface area contributed by atoms with Gasteiger partial charge in [-0.1, -0.05) is 55.0 Å². The Kier molecular flexibility index (Phi) is 11.3. The second-order valence-electron chi connectivity index (χ2n) is 8.92. The summed E-state index contributed by atoms with van der Waals surface area (Å²) in [5.41, 5.74) is 1.97. The predicted octanol–water partition coefficient (Wildman–Crippen LogP) is 4.98. The quantitative estimate of drug-likeness (QED) is 0.272. The number of nitrogens with zero attached hydrogens (tertiary/aromatic N) is 1. The van der Waals surface area contributed by atoms with Gasteiger partial charge in [0.25, 0.3) is 10.1 Å². The van der Waals surface area contributed by atoms with E-state index in [9.17, 15) is 13.2 Å². The molecule has 212 valence electrons. The number of aryl methyl sites for hydroxylation is 1. The average molecular weight is 560 g/mol. The minimum Gasteiger partial charge on any atom is -0.493 e. The molecule has 0 saturated carbocycles. The summed E-state index contributed by atoms with van der Waals surface area (Å²) >= 11 is 0. The van der Waals surface area contributed by atoms with E-state index in [1.54, 1.807) is 24.3 Å². The number of hydrogen-bond donors (Lipinski definition) is 1. The van der Waals surface area contributed by atoms with Crippen LogP contribution in [-0.2, 0) is 20.4 Å². The lowest BCUT2D eigenvalue weighted by Gasteiger charge is -2.39. The van der Waals surface area contributed by atoms with Crippen molar-refractivity contribution < 1.29 is 36.7 Å². The van der Waals surface area contributed by atoms with E-state index >= 15 is 0 Å². The largest absolute Gasteiger partial charge is 0.493 e. The molecule has 0 fully saturated rings. The maximum atomic E-state index is 12.8. The van der Waals surface area contributed by atoms with Crippen molar-refractivity contribution in [1.29, 1.82) is 0 Å². The van der Waals surface area contributed by atoms with Crippen LogP contribution in [0.2, 0.25) is 0 Å². The summed E-state index contributed by atoms with van der Waals surface area (Å²) in [5.74, 6) is 0.800. The van der Waals surface area contributed by atoms with Gasteiger partial charge in [0.1, 0.15) is 6.61 Å². The lowest BCUT2D eigenvalue weighted by Crippen LogP contribution is -2.45. The normalized spacial score (nSPS) is 12.5. The highest BCUT2D eigenvalue weighted by Gasteiger charge is 2.34. The van der Waals surface area contributed by atoms with Crippen LogP contribution in [0.5, 0.6) is 17.2 Å². The maximum Gasteiger partial charge on any atom is 0.338 e. The van der Waals surface area contributed by atoms with Crippen LogP contribution < -0.4 is 14.2 Å². The van der Waals surface area contributed by atoms with E-state index in [4.69, 9.17) is 23.5 Å². The standard InChI is InChI=1S/C22H29NO5.C7H8O3S/c1-7-22(23(2)3,17-11-9-8-10-12-17)15-28-21(24)16-13-18(25-4)20(27-6)19(14-16)26-5;1-6-2-4-7(5-3-6)11(8,9)10/h8-14H,7,15H2,1-6H3;2-5H,1H3,(H,8,9,10). The van der Waals surface area contributed by atoms with Gasteiger partial charge in [-0.2, -0.15) is 8.42 Å². The summed E-state index contributed by atoms with van der Waals surface area (Å²) in [5, 5.41) is 0. The van der Waals surface area contributed by atoms with Gasteiger partial charge in [0.2, 0.25) is 5.75 Å². The molecule has 3 aromatic carbocycles. The lowest BCUT2D eigenvalue weighted by molar-refractivity contribution is 0.0119. The lowest BCUT2D eigenvalue weighted by atomic mass is 9.87. The highest BCUT2D eigenvalue weighted by molar-refractivity contribution is 7.85. The summed E-state index contributed by atoms with van der Waals surface area (Å²) in [4.78, 5) is 14.8. The van der Waals surface area contributed by atoms with Crippen molar-refractivity contribution in [3.8, 4) is 17.2 Å². The zero-order valence-electron chi connectivity index (χ0n) is 23.4. The van der Waals surface area contributed by atoms with Crippen LogP contribution in [0.15, 0.2) is 71.6 Å². The van der Waals surface area contributed by atoms with Gasteiger partial charge in [0, 0.05) is 0 Å². The molecule has 0 saturated heterocycles. The van der Waals surface area contributed by atoms with E-state index in [2.05, 4.69) is 24.0 Å². The molecule has 0 spiro atoms. The first kappa shape index (κ1) is 31.6. The van der Waals surface area contributed by atoms with Crippen LogP contribution in [0.1, 0.15) is 34.8 Å². The van der Waals surface area contributed by atoms with Crippen LogP contribution in [0.3, 0.4) is 0 Å². The number of esters is 1. The number of methoxy groups -OCH3 is 3. The Labute approximate surface area is 231 Å². The fourth-order valence-electron chi connectivity index (χ4n) is 4.02. The van der Waals surface area contributed by atoms with Crippen molar-refractivity contribution in [2.45, 2.75) is 30.7 Å². The van der Waals surface area contributed by atoms with Gasteiger partial charge >= 0.3 is 5.97 Å². The minimum atomic E-state index is -4.02. The van der Waals surface area contributed by atoms with Gasteiger partial charge in [-0.25, -0.2) is 4.79 Å². The smallest absolute Gasteiger partial charge is 0.338 e. The third-order valence-electron chi connectivity index (χ3n) is 6.41. The van der Waals surface area contributed by atoms with E-state index < -0.39 is 21.6 Å². The van der Waals surface area contributed by atoms with E-state index in [1.165, 1.54) is 33.5 Å². The second kappa shape index (κ2) is 14.0. The number of hydrogen-bond acceptors (Lipinski definition) is 8. The van der Waals surface area contributed by atoms with Crippen LogP contribution in [0.4, 0.5) is 0 Å². The fourth-order valence-corrected chi connectivity index (χ4v) is 4.50. The molecule has 0 heterocycles. The van der Waals surface area contributed by atoms with Gasteiger partial charge in [0.15, 0.2) is 11.5 Å². The summed E-state index contributed by atoms with van der Waals surface area (Å²) in [6, 6.07) is 19.2. The highest BCUT2D eigenvalue weighted by atomic mass is 32.2. The van der Waals surface area contributed by atoms with E-state index in [0.29, 0.717) is 22.8 Å².